The molecule has 1 N–H and O–H groups in total. The molecule has 26 heavy (non-hydrogen) atoms. The molecule has 1 saturated heterocycles. The minimum absolute atomic E-state index is 0.0314. The van der Waals surface area contributed by atoms with Crippen molar-refractivity contribution in [1.29, 1.82) is 0 Å². The summed E-state index contributed by atoms with van der Waals surface area (Å²) in [7, 11) is 1.60. The van der Waals surface area contributed by atoms with E-state index in [-0.39, 0.29) is 11.8 Å². The van der Waals surface area contributed by atoms with E-state index in [2.05, 4.69) is 15.3 Å². The number of hydrogen-bond donors (Lipinski definition) is 1. The molecule has 0 saturated carbocycles. The van der Waals surface area contributed by atoms with Crippen LogP contribution in [0.5, 0.6) is 5.75 Å². The number of benzene rings is 1. The number of piperazine rings is 1. The third-order valence-corrected chi connectivity index (χ3v) is 4.24. The highest BCUT2D eigenvalue weighted by molar-refractivity contribution is 5.93. The molecular formula is C18H21N5O3. The summed E-state index contributed by atoms with van der Waals surface area (Å²) >= 11 is 0. The molecule has 0 atom stereocenters. The van der Waals surface area contributed by atoms with Gasteiger partial charge < -0.3 is 19.9 Å². The minimum atomic E-state index is -0.163. The number of aromatic nitrogens is 2. The largest absolute Gasteiger partial charge is 0.497 e. The van der Waals surface area contributed by atoms with Crippen LogP contribution < -0.4 is 10.1 Å². The van der Waals surface area contributed by atoms with E-state index in [1.165, 1.54) is 6.33 Å². The van der Waals surface area contributed by atoms with Gasteiger partial charge in [-0.1, -0.05) is 6.07 Å². The Morgan fingerprint density at radius 1 is 1.08 bits per heavy atom. The lowest BCUT2D eigenvalue weighted by molar-refractivity contribution is -0.130. The summed E-state index contributed by atoms with van der Waals surface area (Å²) in [5.41, 5.74) is 1.12. The number of methoxy groups -OCH3 is 1. The van der Waals surface area contributed by atoms with Gasteiger partial charge in [0, 0.05) is 50.9 Å². The number of ether oxygens (including phenoxy) is 1. The van der Waals surface area contributed by atoms with Gasteiger partial charge in [-0.3, -0.25) is 9.59 Å². The van der Waals surface area contributed by atoms with E-state index in [1.54, 1.807) is 29.9 Å². The quantitative estimate of drug-likeness (QED) is 0.895. The van der Waals surface area contributed by atoms with Crippen molar-refractivity contribution in [1.82, 2.24) is 19.8 Å². The number of carbonyl (C=O) groups excluding carboxylic acids is 2. The predicted octanol–water partition coefficient (Wildman–Crippen LogP) is 1.53. The monoisotopic (exact) mass is 355 g/mol. The smallest absolute Gasteiger partial charge is 0.272 e. The zero-order valence-electron chi connectivity index (χ0n) is 14.8. The molecule has 0 unspecified atom stereocenters. The van der Waals surface area contributed by atoms with Crippen LogP contribution in [0.2, 0.25) is 0 Å². The van der Waals surface area contributed by atoms with Crippen molar-refractivity contribution in [3.05, 3.63) is 42.4 Å². The molecule has 2 aromatic rings. The summed E-state index contributed by atoms with van der Waals surface area (Å²) in [6.45, 7) is 3.63. The Bertz CT molecular complexity index is 803. The van der Waals surface area contributed by atoms with E-state index in [0.29, 0.717) is 37.7 Å². The molecule has 1 fully saturated rings. The second-order valence-electron chi connectivity index (χ2n) is 5.94. The van der Waals surface area contributed by atoms with Gasteiger partial charge in [-0.05, 0) is 12.1 Å². The van der Waals surface area contributed by atoms with Gasteiger partial charge in [0.15, 0.2) is 0 Å². The fraction of sp³-hybridized carbons (Fsp3) is 0.333. The Balaban J connectivity index is 1.69. The highest BCUT2D eigenvalue weighted by Gasteiger charge is 2.24. The van der Waals surface area contributed by atoms with Gasteiger partial charge in [0.2, 0.25) is 5.91 Å². The summed E-state index contributed by atoms with van der Waals surface area (Å²) in [6, 6.07) is 9.06. The van der Waals surface area contributed by atoms with Crippen molar-refractivity contribution >= 4 is 23.3 Å². The molecule has 2 amide bonds. The third kappa shape index (κ3) is 4.08. The van der Waals surface area contributed by atoms with E-state index in [9.17, 15) is 9.59 Å². The first kappa shape index (κ1) is 17.7. The van der Waals surface area contributed by atoms with Gasteiger partial charge in [-0.15, -0.1) is 0 Å². The lowest BCUT2D eigenvalue weighted by atomic mass is 10.2. The summed E-state index contributed by atoms with van der Waals surface area (Å²) in [5.74, 6) is 1.12. The van der Waals surface area contributed by atoms with Crippen molar-refractivity contribution in [2.75, 3.05) is 38.6 Å². The maximum absolute atomic E-state index is 12.7. The van der Waals surface area contributed by atoms with E-state index < -0.39 is 0 Å². The summed E-state index contributed by atoms with van der Waals surface area (Å²) < 4.78 is 5.20. The minimum Gasteiger partial charge on any atom is -0.497 e. The first-order valence-electron chi connectivity index (χ1n) is 8.35. The van der Waals surface area contributed by atoms with E-state index in [4.69, 9.17) is 4.74 Å². The maximum Gasteiger partial charge on any atom is 0.272 e. The maximum atomic E-state index is 12.7. The fourth-order valence-corrected chi connectivity index (χ4v) is 2.78. The first-order chi connectivity index (χ1) is 12.6. The Kier molecular flexibility index (Phi) is 5.31. The third-order valence-electron chi connectivity index (χ3n) is 4.24. The zero-order valence-corrected chi connectivity index (χ0v) is 14.8. The highest BCUT2D eigenvalue weighted by atomic mass is 16.5. The van der Waals surface area contributed by atoms with Gasteiger partial charge in [-0.2, -0.15) is 0 Å². The Labute approximate surface area is 151 Å². The Morgan fingerprint density at radius 2 is 1.81 bits per heavy atom. The summed E-state index contributed by atoms with van der Waals surface area (Å²) in [5, 5.41) is 3.14. The lowest BCUT2D eigenvalue weighted by Gasteiger charge is -2.34. The lowest BCUT2D eigenvalue weighted by Crippen LogP contribution is -2.50. The van der Waals surface area contributed by atoms with Crippen LogP contribution in [-0.2, 0) is 4.79 Å². The van der Waals surface area contributed by atoms with E-state index in [0.717, 1.165) is 11.4 Å². The summed E-state index contributed by atoms with van der Waals surface area (Å²) in [6.07, 6.45) is 1.36. The standard InChI is InChI=1S/C18H21N5O3/c1-13(24)22-6-8-23(9-7-22)18(25)16-11-17(20-12-19-16)21-14-4-3-5-15(10-14)26-2/h3-5,10-12H,6-9H2,1-2H3,(H,19,20,21). The summed E-state index contributed by atoms with van der Waals surface area (Å²) in [4.78, 5) is 35.8. The average molecular weight is 355 g/mol. The zero-order chi connectivity index (χ0) is 18.5. The second kappa shape index (κ2) is 7.81. The van der Waals surface area contributed by atoms with Crippen LogP contribution in [0, 0.1) is 0 Å². The van der Waals surface area contributed by atoms with Crippen molar-refractivity contribution < 1.29 is 14.3 Å². The number of amides is 2. The number of nitrogens with zero attached hydrogens (tertiary/aromatic N) is 4. The Hall–Kier alpha value is -3.16. The van der Waals surface area contributed by atoms with Crippen LogP contribution in [0.4, 0.5) is 11.5 Å². The number of anilines is 2. The molecule has 0 radical (unpaired) electrons. The van der Waals surface area contributed by atoms with Gasteiger partial charge in [0.1, 0.15) is 23.6 Å². The second-order valence-corrected chi connectivity index (χ2v) is 5.94. The van der Waals surface area contributed by atoms with Crippen molar-refractivity contribution in [3.63, 3.8) is 0 Å². The predicted molar refractivity (Wildman–Crippen MR) is 96.5 cm³/mol. The molecule has 0 bridgehead atoms. The number of hydrogen-bond acceptors (Lipinski definition) is 6. The van der Waals surface area contributed by atoms with Crippen LogP contribution in [0.3, 0.4) is 0 Å². The molecule has 3 rings (SSSR count). The SMILES string of the molecule is COc1cccc(Nc2cc(C(=O)N3CCN(C(C)=O)CC3)ncn2)c1. The van der Waals surface area contributed by atoms with Gasteiger partial charge >= 0.3 is 0 Å². The number of carbonyl (C=O) groups is 2. The fourth-order valence-electron chi connectivity index (χ4n) is 2.78. The molecule has 8 nitrogen and oxygen atoms in total. The molecule has 0 aliphatic carbocycles. The van der Waals surface area contributed by atoms with Crippen molar-refractivity contribution in [2.24, 2.45) is 0 Å². The molecule has 1 aliphatic heterocycles. The van der Waals surface area contributed by atoms with Crippen LogP contribution in [0.25, 0.3) is 0 Å². The van der Waals surface area contributed by atoms with Crippen LogP contribution in [0.1, 0.15) is 17.4 Å². The topological polar surface area (TPSA) is 87.7 Å². The van der Waals surface area contributed by atoms with Gasteiger partial charge in [-0.25, -0.2) is 9.97 Å². The van der Waals surface area contributed by atoms with Gasteiger partial charge in [0.25, 0.3) is 5.91 Å². The van der Waals surface area contributed by atoms with Crippen molar-refractivity contribution in [3.8, 4) is 5.75 Å². The number of nitrogens with one attached hydrogen (secondary N) is 1. The van der Waals surface area contributed by atoms with Crippen LogP contribution >= 0.6 is 0 Å². The molecule has 8 heteroatoms. The molecule has 1 aromatic heterocycles. The van der Waals surface area contributed by atoms with Crippen molar-refractivity contribution in [2.45, 2.75) is 6.92 Å². The molecule has 136 valence electrons. The van der Waals surface area contributed by atoms with Crippen LogP contribution in [0.15, 0.2) is 36.7 Å². The molecular weight excluding hydrogens is 334 g/mol. The van der Waals surface area contributed by atoms with E-state index in [1.807, 2.05) is 24.3 Å². The first-order valence-corrected chi connectivity index (χ1v) is 8.35. The molecule has 0 spiro atoms. The molecule has 2 heterocycles. The normalized spacial score (nSPS) is 14.1. The van der Waals surface area contributed by atoms with E-state index >= 15 is 0 Å². The average Bonchev–Trinajstić information content (AvgIpc) is 2.68. The Morgan fingerprint density at radius 3 is 2.50 bits per heavy atom. The number of rotatable bonds is 4. The van der Waals surface area contributed by atoms with Gasteiger partial charge in [0.05, 0.1) is 7.11 Å². The molecule has 1 aliphatic rings. The highest BCUT2D eigenvalue weighted by Crippen LogP contribution is 2.20. The van der Waals surface area contributed by atoms with Crippen LogP contribution in [-0.4, -0.2) is 64.9 Å². The molecule has 1 aromatic carbocycles.